The summed E-state index contributed by atoms with van der Waals surface area (Å²) in [6.45, 7) is -1.15. The number of rotatable bonds is 8. The van der Waals surface area contributed by atoms with Crippen LogP contribution in [0.25, 0.3) is 0 Å². The largest absolute Gasteiger partial charge is 0.452 e. The van der Waals surface area contributed by atoms with E-state index in [0.29, 0.717) is 0 Å². The third-order valence-electron chi connectivity index (χ3n) is 2.17. The van der Waals surface area contributed by atoms with Crippen molar-refractivity contribution in [2.24, 2.45) is 0 Å². The zero-order valence-electron chi connectivity index (χ0n) is 11.7. The van der Waals surface area contributed by atoms with Crippen molar-refractivity contribution in [1.82, 2.24) is 0 Å². The van der Waals surface area contributed by atoms with Crippen LogP contribution in [0.5, 0.6) is 0 Å². The molecule has 0 bridgehead atoms. The van der Waals surface area contributed by atoms with Gasteiger partial charge in [0.05, 0.1) is 12.8 Å². The quantitative estimate of drug-likeness (QED) is 0.350. The molecular weight excluding hydrogens is 292 g/mol. The summed E-state index contributed by atoms with van der Waals surface area (Å²) in [5, 5.41) is 10.2. The van der Waals surface area contributed by atoms with Gasteiger partial charge < -0.3 is 19.3 Å². The monoisotopic (exact) mass is 306 g/mol. The van der Waals surface area contributed by atoms with Gasteiger partial charge in [-0.2, -0.15) is 0 Å². The molecular formula is C15H14O7. The zero-order valence-corrected chi connectivity index (χ0v) is 11.7. The van der Waals surface area contributed by atoms with Crippen molar-refractivity contribution in [2.45, 2.75) is 18.4 Å². The van der Waals surface area contributed by atoms with Gasteiger partial charge in [0.25, 0.3) is 0 Å². The number of ether oxygens (including phenoxy) is 3. The average molecular weight is 306 g/mol. The van der Waals surface area contributed by atoms with Crippen LogP contribution < -0.4 is 0 Å². The highest BCUT2D eigenvalue weighted by Gasteiger charge is 2.43. The second kappa shape index (κ2) is 9.88. The van der Waals surface area contributed by atoms with Crippen LogP contribution in [0.1, 0.15) is 12.8 Å². The highest BCUT2D eigenvalue weighted by molar-refractivity contribution is 5.90. The lowest BCUT2D eigenvalue weighted by Crippen LogP contribution is -2.45. The van der Waals surface area contributed by atoms with Crippen LogP contribution in [0.15, 0.2) is 0 Å². The highest BCUT2D eigenvalue weighted by atomic mass is 16.6. The number of carbonyl (C=O) groups excluding carboxylic acids is 3. The van der Waals surface area contributed by atoms with Gasteiger partial charge in [-0.15, -0.1) is 19.3 Å². The Morgan fingerprint density at radius 1 is 0.818 bits per heavy atom. The molecule has 0 rings (SSSR count). The molecule has 0 heterocycles. The Bertz CT molecular complexity index is 510. The molecule has 0 radical (unpaired) electrons. The van der Waals surface area contributed by atoms with Crippen LogP contribution >= 0.6 is 0 Å². The minimum absolute atomic E-state index is 0.351. The molecule has 0 fully saturated rings. The number of hydrogen-bond donors (Lipinski definition) is 1. The van der Waals surface area contributed by atoms with E-state index in [1.807, 2.05) is 17.8 Å². The third-order valence-corrected chi connectivity index (χ3v) is 2.17. The van der Waals surface area contributed by atoms with Crippen LogP contribution in [0.4, 0.5) is 0 Å². The first kappa shape index (κ1) is 19.1. The molecule has 1 N–H and O–H groups in total. The fourth-order valence-corrected chi connectivity index (χ4v) is 1.27. The molecule has 0 amide bonds. The number of carbonyl (C=O) groups is 3. The third kappa shape index (κ3) is 7.00. The lowest BCUT2D eigenvalue weighted by molar-refractivity contribution is -0.176. The summed E-state index contributed by atoms with van der Waals surface area (Å²) in [5.74, 6) is 2.82. The summed E-state index contributed by atoms with van der Waals surface area (Å²) in [4.78, 5) is 34.7. The van der Waals surface area contributed by atoms with Crippen molar-refractivity contribution in [1.29, 1.82) is 0 Å². The van der Waals surface area contributed by atoms with Gasteiger partial charge in [0.2, 0.25) is 0 Å². The second-order valence-electron chi connectivity index (χ2n) is 3.90. The van der Waals surface area contributed by atoms with Crippen LogP contribution in [0, 0.1) is 37.0 Å². The summed E-state index contributed by atoms with van der Waals surface area (Å²) < 4.78 is 13.6. The van der Waals surface area contributed by atoms with Gasteiger partial charge in [-0.05, 0) is 0 Å². The van der Waals surface area contributed by atoms with Gasteiger partial charge in [-0.1, -0.05) is 17.8 Å². The number of hydrogen-bond acceptors (Lipinski definition) is 7. The predicted octanol–water partition coefficient (Wildman–Crippen LogP) is -0.973. The Morgan fingerprint density at radius 2 is 1.18 bits per heavy atom. The maximum Gasteiger partial charge on any atom is 0.340 e. The second-order valence-corrected chi connectivity index (χ2v) is 3.90. The standard InChI is InChI=1S/C15H14O7/c1-4-7-20-12(16)10-15(19,14(18)22-9-6-3)11-13(17)21-8-5-2/h1-3,19H,7-11H2. The van der Waals surface area contributed by atoms with Crippen molar-refractivity contribution in [3.8, 4) is 37.0 Å². The Morgan fingerprint density at radius 3 is 1.55 bits per heavy atom. The van der Waals surface area contributed by atoms with Crippen LogP contribution in [0.2, 0.25) is 0 Å². The van der Waals surface area contributed by atoms with Crippen LogP contribution in [-0.2, 0) is 28.6 Å². The van der Waals surface area contributed by atoms with E-state index in [1.165, 1.54) is 0 Å². The molecule has 0 unspecified atom stereocenters. The van der Waals surface area contributed by atoms with E-state index in [2.05, 4.69) is 14.2 Å². The average Bonchev–Trinajstić information content (AvgIpc) is 2.48. The van der Waals surface area contributed by atoms with Crippen molar-refractivity contribution in [2.75, 3.05) is 19.8 Å². The summed E-state index contributed by atoms with van der Waals surface area (Å²) in [6, 6.07) is 0. The molecule has 0 aliphatic carbocycles. The molecule has 0 aliphatic rings. The van der Waals surface area contributed by atoms with Gasteiger partial charge in [-0.25, -0.2) is 4.79 Å². The summed E-state index contributed by atoms with van der Waals surface area (Å²) in [5.41, 5.74) is -2.49. The minimum atomic E-state index is -2.49. The lowest BCUT2D eigenvalue weighted by atomic mass is 9.95. The number of terminal acetylenes is 3. The molecule has 0 aromatic carbocycles. The number of aliphatic hydroxyl groups is 1. The highest BCUT2D eigenvalue weighted by Crippen LogP contribution is 2.19. The summed E-state index contributed by atoms with van der Waals surface area (Å²) in [6.07, 6.45) is 13.0. The van der Waals surface area contributed by atoms with Crippen LogP contribution in [-0.4, -0.2) is 48.4 Å². The molecule has 0 aromatic rings. The Hall–Kier alpha value is -2.95. The van der Waals surface area contributed by atoms with E-state index in [-0.39, 0.29) is 13.2 Å². The van der Waals surface area contributed by atoms with Crippen molar-refractivity contribution >= 4 is 17.9 Å². The Labute approximate surface area is 127 Å². The summed E-state index contributed by atoms with van der Waals surface area (Å²) in [7, 11) is 0. The molecule has 116 valence electrons. The van der Waals surface area contributed by atoms with E-state index in [0.717, 1.165) is 0 Å². The lowest BCUT2D eigenvalue weighted by Gasteiger charge is -2.23. The maximum atomic E-state index is 11.8. The first-order valence-corrected chi connectivity index (χ1v) is 5.91. The maximum absolute atomic E-state index is 11.8. The number of esters is 3. The first-order chi connectivity index (χ1) is 10.4. The normalized spacial score (nSPS) is 9.55. The zero-order chi connectivity index (χ0) is 17.0. The topological polar surface area (TPSA) is 99.1 Å². The predicted molar refractivity (Wildman–Crippen MR) is 73.6 cm³/mol. The first-order valence-electron chi connectivity index (χ1n) is 5.91. The smallest absolute Gasteiger partial charge is 0.340 e. The molecule has 0 aromatic heterocycles. The van der Waals surface area contributed by atoms with Crippen molar-refractivity contribution in [3.05, 3.63) is 0 Å². The van der Waals surface area contributed by atoms with Crippen LogP contribution in [0.3, 0.4) is 0 Å². The molecule has 22 heavy (non-hydrogen) atoms. The van der Waals surface area contributed by atoms with Gasteiger partial charge in [-0.3, -0.25) is 9.59 Å². The molecule has 0 saturated carbocycles. The molecule has 0 spiro atoms. The van der Waals surface area contributed by atoms with Gasteiger partial charge >= 0.3 is 17.9 Å². The molecule has 0 atom stereocenters. The molecule has 0 saturated heterocycles. The fourth-order valence-electron chi connectivity index (χ4n) is 1.27. The van der Waals surface area contributed by atoms with Crippen molar-refractivity contribution < 1.29 is 33.7 Å². The van der Waals surface area contributed by atoms with E-state index in [4.69, 9.17) is 19.3 Å². The Kier molecular flexibility index (Phi) is 8.55. The van der Waals surface area contributed by atoms with E-state index in [9.17, 15) is 19.5 Å². The van der Waals surface area contributed by atoms with Gasteiger partial charge in [0, 0.05) is 0 Å². The molecule has 7 heteroatoms. The van der Waals surface area contributed by atoms with Gasteiger partial charge in [0.1, 0.15) is 0 Å². The fraction of sp³-hybridized carbons (Fsp3) is 0.400. The van der Waals surface area contributed by atoms with E-state index in [1.54, 1.807) is 0 Å². The van der Waals surface area contributed by atoms with Crippen molar-refractivity contribution in [3.63, 3.8) is 0 Å². The molecule has 0 aliphatic heterocycles. The SMILES string of the molecule is C#CCOC(=O)CC(O)(CC(=O)OCC#C)C(=O)OCC#C. The Balaban J connectivity index is 4.97. The van der Waals surface area contributed by atoms with E-state index >= 15 is 0 Å². The minimum Gasteiger partial charge on any atom is -0.452 e. The molecule has 7 nitrogen and oxygen atoms in total. The van der Waals surface area contributed by atoms with E-state index < -0.39 is 43.0 Å². The van der Waals surface area contributed by atoms with Gasteiger partial charge in [0.15, 0.2) is 25.4 Å². The summed E-state index contributed by atoms with van der Waals surface area (Å²) >= 11 is 0.